The molecule has 0 radical (unpaired) electrons. The predicted octanol–water partition coefficient (Wildman–Crippen LogP) is 5.09. The molecule has 1 fully saturated rings. The van der Waals surface area contributed by atoms with Crippen molar-refractivity contribution in [2.75, 3.05) is 12.0 Å². The molecule has 0 aliphatic carbocycles. The van der Waals surface area contributed by atoms with Crippen molar-refractivity contribution in [2.45, 2.75) is 12.1 Å². The zero-order chi connectivity index (χ0) is 18.1. The molecule has 0 saturated carbocycles. The number of nitrogens with one attached hydrogen (secondary N) is 1. The second-order valence-corrected chi connectivity index (χ2v) is 8.69. The van der Waals surface area contributed by atoms with Crippen molar-refractivity contribution in [2.24, 2.45) is 0 Å². The van der Waals surface area contributed by atoms with Gasteiger partial charge in [0.2, 0.25) is 0 Å². The average molecular weight is 446 g/mol. The lowest BCUT2D eigenvalue weighted by atomic mass is 10.0. The number of para-hydroxylation sites is 2. The molecule has 1 saturated heterocycles. The highest BCUT2D eigenvalue weighted by Crippen LogP contribution is 2.46. The molecule has 4 rings (SSSR count). The number of aromatic nitrogens is 1. The van der Waals surface area contributed by atoms with Crippen molar-refractivity contribution in [1.29, 1.82) is 0 Å². The summed E-state index contributed by atoms with van der Waals surface area (Å²) in [6, 6.07) is 18.0. The standard InChI is InChI=1S/C19H16BrN3OS2/c1-24-14-8-3-2-7-13(14)23-18(15-9-10-16(20)26-15)17(22-19(23)25)12-6-4-5-11-21-12/h2-11,17-18H,1H3,(H,22,25)/t17-,18+/m1/s1. The fourth-order valence-corrected chi connectivity index (χ4v) is 5.11. The van der Waals surface area contributed by atoms with E-state index in [0.29, 0.717) is 5.11 Å². The maximum Gasteiger partial charge on any atom is 0.174 e. The van der Waals surface area contributed by atoms with Gasteiger partial charge in [-0.1, -0.05) is 18.2 Å². The van der Waals surface area contributed by atoms with Crippen LogP contribution >= 0.6 is 39.5 Å². The monoisotopic (exact) mass is 445 g/mol. The number of halogens is 1. The van der Waals surface area contributed by atoms with E-state index in [1.54, 1.807) is 18.4 Å². The van der Waals surface area contributed by atoms with Crippen LogP contribution in [-0.2, 0) is 0 Å². The van der Waals surface area contributed by atoms with E-state index in [2.05, 4.69) is 43.3 Å². The van der Waals surface area contributed by atoms with Crippen molar-refractivity contribution >= 4 is 50.3 Å². The van der Waals surface area contributed by atoms with Crippen molar-refractivity contribution < 1.29 is 4.74 Å². The van der Waals surface area contributed by atoms with E-state index in [9.17, 15) is 0 Å². The van der Waals surface area contributed by atoms with Crippen molar-refractivity contribution in [3.63, 3.8) is 0 Å². The highest BCUT2D eigenvalue weighted by Gasteiger charge is 2.42. The summed E-state index contributed by atoms with van der Waals surface area (Å²) in [5.41, 5.74) is 1.90. The van der Waals surface area contributed by atoms with E-state index >= 15 is 0 Å². The zero-order valence-corrected chi connectivity index (χ0v) is 17.1. The molecular weight excluding hydrogens is 430 g/mol. The summed E-state index contributed by atoms with van der Waals surface area (Å²) < 4.78 is 6.67. The smallest absolute Gasteiger partial charge is 0.174 e. The predicted molar refractivity (Wildman–Crippen MR) is 113 cm³/mol. The van der Waals surface area contributed by atoms with E-state index in [4.69, 9.17) is 17.0 Å². The largest absolute Gasteiger partial charge is 0.495 e. The lowest BCUT2D eigenvalue weighted by molar-refractivity contribution is 0.414. The molecule has 3 heterocycles. The van der Waals surface area contributed by atoms with Crippen LogP contribution in [0.4, 0.5) is 5.69 Å². The van der Waals surface area contributed by atoms with Crippen LogP contribution in [0.1, 0.15) is 22.7 Å². The molecule has 0 unspecified atom stereocenters. The molecule has 0 amide bonds. The third-order valence-electron chi connectivity index (χ3n) is 4.33. The number of hydrogen-bond donors (Lipinski definition) is 1. The highest BCUT2D eigenvalue weighted by molar-refractivity contribution is 9.11. The van der Waals surface area contributed by atoms with Gasteiger partial charge in [0.15, 0.2) is 5.11 Å². The van der Waals surface area contributed by atoms with Gasteiger partial charge in [-0.2, -0.15) is 0 Å². The number of ether oxygens (including phenoxy) is 1. The van der Waals surface area contributed by atoms with Crippen LogP contribution in [0.15, 0.2) is 64.6 Å². The Morgan fingerprint density at radius 2 is 1.96 bits per heavy atom. The van der Waals surface area contributed by atoms with Crippen LogP contribution in [0.5, 0.6) is 5.75 Å². The summed E-state index contributed by atoms with van der Waals surface area (Å²) in [6.07, 6.45) is 1.81. The lowest BCUT2D eigenvalue weighted by Gasteiger charge is -2.28. The number of hydrogen-bond acceptors (Lipinski definition) is 4. The summed E-state index contributed by atoms with van der Waals surface area (Å²) in [4.78, 5) is 7.89. The van der Waals surface area contributed by atoms with E-state index in [0.717, 1.165) is 20.9 Å². The van der Waals surface area contributed by atoms with E-state index in [-0.39, 0.29) is 12.1 Å². The molecule has 1 aromatic carbocycles. The van der Waals surface area contributed by atoms with Gasteiger partial charge in [0, 0.05) is 11.1 Å². The molecule has 1 aliphatic heterocycles. The summed E-state index contributed by atoms with van der Waals surface area (Å²) >= 11 is 11.0. The maximum atomic E-state index is 5.72. The number of thiophene rings is 1. The number of nitrogens with zero attached hydrogens (tertiary/aromatic N) is 2. The summed E-state index contributed by atoms with van der Waals surface area (Å²) in [7, 11) is 1.68. The summed E-state index contributed by atoms with van der Waals surface area (Å²) in [5.74, 6) is 0.791. The molecule has 1 N–H and O–H groups in total. The normalized spacial score (nSPS) is 19.5. The lowest BCUT2D eigenvalue weighted by Crippen LogP contribution is -2.29. The number of methoxy groups -OCH3 is 1. The number of rotatable bonds is 4. The Morgan fingerprint density at radius 3 is 2.65 bits per heavy atom. The zero-order valence-electron chi connectivity index (χ0n) is 13.9. The van der Waals surface area contributed by atoms with Gasteiger partial charge in [0.1, 0.15) is 5.75 Å². The topological polar surface area (TPSA) is 37.4 Å². The summed E-state index contributed by atoms with van der Waals surface area (Å²) in [5, 5.41) is 4.12. The molecular formula is C19H16BrN3OS2. The minimum absolute atomic E-state index is 0.00926. The molecule has 4 nitrogen and oxygen atoms in total. The highest BCUT2D eigenvalue weighted by atomic mass is 79.9. The van der Waals surface area contributed by atoms with Crippen LogP contribution in [0, 0.1) is 0 Å². The van der Waals surface area contributed by atoms with Gasteiger partial charge in [0.05, 0.1) is 34.4 Å². The van der Waals surface area contributed by atoms with Gasteiger partial charge in [-0.3, -0.25) is 4.98 Å². The molecule has 0 spiro atoms. The fourth-order valence-electron chi connectivity index (χ4n) is 3.22. The van der Waals surface area contributed by atoms with Crippen LogP contribution < -0.4 is 15.0 Å². The first kappa shape index (κ1) is 17.5. The molecule has 2 atom stereocenters. The Hall–Kier alpha value is -1.96. The first-order valence-corrected chi connectivity index (χ1v) is 10.1. The third-order valence-corrected chi connectivity index (χ3v) is 6.34. The number of anilines is 1. The SMILES string of the molecule is COc1ccccc1N1C(=S)N[C@H](c2ccccn2)[C@@H]1c1ccc(Br)s1. The van der Waals surface area contributed by atoms with Gasteiger partial charge in [-0.05, 0) is 64.5 Å². The number of pyridine rings is 1. The second kappa shape index (κ2) is 7.34. The quantitative estimate of drug-likeness (QED) is 0.565. The molecule has 26 heavy (non-hydrogen) atoms. The Kier molecular flexibility index (Phi) is 4.93. The Bertz CT molecular complexity index is 931. The molecule has 2 aromatic heterocycles. The molecule has 1 aliphatic rings. The van der Waals surface area contributed by atoms with Gasteiger partial charge in [0.25, 0.3) is 0 Å². The molecule has 132 valence electrons. The average Bonchev–Trinajstić information content (AvgIpc) is 3.25. The van der Waals surface area contributed by atoms with Gasteiger partial charge >= 0.3 is 0 Å². The van der Waals surface area contributed by atoms with Crippen LogP contribution in [0.2, 0.25) is 0 Å². The van der Waals surface area contributed by atoms with Gasteiger partial charge < -0.3 is 15.0 Å². The first-order chi connectivity index (χ1) is 12.7. The van der Waals surface area contributed by atoms with Crippen molar-refractivity contribution in [3.8, 4) is 5.75 Å². The number of thiocarbonyl (C=S) groups is 1. The van der Waals surface area contributed by atoms with Crippen molar-refractivity contribution in [1.82, 2.24) is 10.3 Å². The molecule has 3 aromatic rings. The van der Waals surface area contributed by atoms with Crippen LogP contribution in [0.25, 0.3) is 0 Å². The van der Waals surface area contributed by atoms with Gasteiger partial charge in [-0.15, -0.1) is 11.3 Å². The Labute approximate surface area is 170 Å². The van der Waals surface area contributed by atoms with Crippen LogP contribution in [0.3, 0.4) is 0 Å². The molecule has 7 heteroatoms. The van der Waals surface area contributed by atoms with Gasteiger partial charge in [-0.25, -0.2) is 0 Å². The van der Waals surface area contributed by atoms with E-state index in [1.165, 1.54) is 4.88 Å². The number of benzene rings is 1. The van der Waals surface area contributed by atoms with Crippen LogP contribution in [-0.4, -0.2) is 17.2 Å². The summed E-state index contributed by atoms with van der Waals surface area (Å²) in [6.45, 7) is 0. The maximum absolute atomic E-state index is 5.72. The Balaban J connectivity index is 1.85. The molecule has 0 bridgehead atoms. The third kappa shape index (κ3) is 3.11. The van der Waals surface area contributed by atoms with Crippen molar-refractivity contribution in [3.05, 3.63) is 75.2 Å². The second-order valence-electron chi connectivity index (χ2n) is 5.81. The minimum Gasteiger partial charge on any atom is -0.495 e. The fraction of sp³-hybridized carbons (Fsp3) is 0.158. The first-order valence-electron chi connectivity index (χ1n) is 8.08. The van der Waals surface area contributed by atoms with E-state index in [1.807, 2.05) is 48.7 Å². The minimum atomic E-state index is -0.0424. The Morgan fingerprint density at radius 1 is 1.15 bits per heavy atom. The van der Waals surface area contributed by atoms with E-state index < -0.39 is 0 Å².